The first kappa shape index (κ1) is 11.6. The molecule has 0 bridgehead atoms. The lowest BCUT2D eigenvalue weighted by Gasteiger charge is -2.26. The van der Waals surface area contributed by atoms with Crippen LogP contribution in [0.15, 0.2) is 24.4 Å². The monoisotopic (exact) mass is 219 g/mol. The van der Waals surface area contributed by atoms with Crippen molar-refractivity contribution in [2.24, 2.45) is 11.1 Å². The Bertz CT molecular complexity index is 338. The maximum absolute atomic E-state index is 5.83. The van der Waals surface area contributed by atoms with Crippen molar-refractivity contribution >= 4 is 0 Å². The molecule has 1 aliphatic heterocycles. The third-order valence-corrected chi connectivity index (χ3v) is 3.74. The van der Waals surface area contributed by atoms with E-state index >= 15 is 0 Å². The quantitative estimate of drug-likeness (QED) is 0.843. The number of likely N-dealkylation sites (tertiary alicyclic amines) is 1. The largest absolute Gasteiger partial charge is 0.330 e. The van der Waals surface area contributed by atoms with Gasteiger partial charge in [-0.15, -0.1) is 0 Å². The van der Waals surface area contributed by atoms with Crippen molar-refractivity contribution in [1.82, 2.24) is 9.88 Å². The summed E-state index contributed by atoms with van der Waals surface area (Å²) in [6.45, 7) is 7.49. The lowest BCUT2D eigenvalue weighted by atomic mass is 9.90. The molecule has 2 rings (SSSR count). The fourth-order valence-corrected chi connectivity index (χ4v) is 2.37. The van der Waals surface area contributed by atoms with Crippen LogP contribution in [0.5, 0.6) is 0 Å². The Morgan fingerprint density at radius 1 is 1.56 bits per heavy atom. The van der Waals surface area contributed by atoms with Gasteiger partial charge in [-0.05, 0) is 44.0 Å². The molecular weight excluding hydrogens is 198 g/mol. The normalized spacial score (nSPS) is 28.2. The van der Waals surface area contributed by atoms with Gasteiger partial charge in [-0.25, -0.2) is 0 Å². The van der Waals surface area contributed by atoms with Crippen LogP contribution >= 0.6 is 0 Å². The van der Waals surface area contributed by atoms with Crippen molar-refractivity contribution in [3.8, 4) is 0 Å². The summed E-state index contributed by atoms with van der Waals surface area (Å²) in [6.07, 6.45) is 3.06. The van der Waals surface area contributed by atoms with Gasteiger partial charge in [0.2, 0.25) is 0 Å². The van der Waals surface area contributed by atoms with E-state index in [1.54, 1.807) is 0 Å². The molecule has 2 unspecified atom stereocenters. The minimum Gasteiger partial charge on any atom is -0.330 e. The molecule has 16 heavy (non-hydrogen) atoms. The zero-order valence-electron chi connectivity index (χ0n) is 10.2. The molecule has 2 heterocycles. The molecule has 3 nitrogen and oxygen atoms in total. The Morgan fingerprint density at radius 3 is 2.94 bits per heavy atom. The molecule has 1 saturated heterocycles. The summed E-state index contributed by atoms with van der Waals surface area (Å²) in [5, 5.41) is 0. The van der Waals surface area contributed by atoms with Crippen molar-refractivity contribution in [1.29, 1.82) is 0 Å². The van der Waals surface area contributed by atoms with Crippen molar-refractivity contribution in [3.63, 3.8) is 0 Å². The number of hydrogen-bond donors (Lipinski definition) is 1. The topological polar surface area (TPSA) is 42.2 Å². The molecule has 0 radical (unpaired) electrons. The molecule has 0 aromatic carbocycles. The molecule has 0 aliphatic carbocycles. The van der Waals surface area contributed by atoms with Crippen LogP contribution in [0, 0.1) is 5.41 Å². The lowest BCUT2D eigenvalue weighted by molar-refractivity contribution is 0.224. The minimum atomic E-state index is 0.295. The molecule has 0 amide bonds. The summed E-state index contributed by atoms with van der Waals surface area (Å²) in [7, 11) is 0. The fourth-order valence-electron chi connectivity index (χ4n) is 2.37. The van der Waals surface area contributed by atoms with E-state index in [1.165, 1.54) is 6.42 Å². The van der Waals surface area contributed by atoms with E-state index in [9.17, 15) is 0 Å². The maximum Gasteiger partial charge on any atom is 0.0572 e. The second kappa shape index (κ2) is 4.52. The summed E-state index contributed by atoms with van der Waals surface area (Å²) in [5.41, 5.74) is 7.28. The molecule has 0 spiro atoms. The Morgan fingerprint density at radius 2 is 2.38 bits per heavy atom. The van der Waals surface area contributed by atoms with E-state index in [4.69, 9.17) is 5.73 Å². The third kappa shape index (κ3) is 2.25. The van der Waals surface area contributed by atoms with Gasteiger partial charge >= 0.3 is 0 Å². The van der Waals surface area contributed by atoms with Gasteiger partial charge in [-0.3, -0.25) is 9.88 Å². The fraction of sp³-hybridized carbons (Fsp3) is 0.615. The first-order valence-corrected chi connectivity index (χ1v) is 6.00. The molecule has 2 N–H and O–H groups in total. The van der Waals surface area contributed by atoms with Crippen molar-refractivity contribution < 1.29 is 0 Å². The van der Waals surface area contributed by atoms with Gasteiger partial charge in [0.15, 0.2) is 0 Å². The summed E-state index contributed by atoms with van der Waals surface area (Å²) >= 11 is 0. The number of nitrogens with two attached hydrogens (primary N) is 1. The number of hydrogen-bond acceptors (Lipinski definition) is 3. The van der Waals surface area contributed by atoms with E-state index in [-0.39, 0.29) is 0 Å². The molecule has 1 aromatic rings. The van der Waals surface area contributed by atoms with Crippen molar-refractivity contribution in [2.75, 3.05) is 19.6 Å². The summed E-state index contributed by atoms with van der Waals surface area (Å²) in [5.74, 6) is 0. The van der Waals surface area contributed by atoms with Crippen molar-refractivity contribution in [3.05, 3.63) is 30.1 Å². The maximum atomic E-state index is 5.83. The molecule has 1 aliphatic rings. The van der Waals surface area contributed by atoms with Crippen LogP contribution in [0.2, 0.25) is 0 Å². The van der Waals surface area contributed by atoms with Crippen molar-refractivity contribution in [2.45, 2.75) is 26.3 Å². The van der Waals surface area contributed by atoms with E-state index in [0.29, 0.717) is 11.5 Å². The van der Waals surface area contributed by atoms with Gasteiger partial charge in [0.1, 0.15) is 0 Å². The number of rotatable bonds is 3. The van der Waals surface area contributed by atoms with Crippen LogP contribution in [0.1, 0.15) is 32.0 Å². The average Bonchev–Trinajstić information content (AvgIpc) is 2.73. The van der Waals surface area contributed by atoms with Crippen LogP contribution in [-0.4, -0.2) is 29.5 Å². The van der Waals surface area contributed by atoms with Gasteiger partial charge in [-0.2, -0.15) is 0 Å². The third-order valence-electron chi connectivity index (χ3n) is 3.74. The van der Waals surface area contributed by atoms with Crippen LogP contribution in [0.25, 0.3) is 0 Å². The van der Waals surface area contributed by atoms with E-state index in [0.717, 1.165) is 25.3 Å². The second-order valence-corrected chi connectivity index (χ2v) is 5.17. The summed E-state index contributed by atoms with van der Waals surface area (Å²) < 4.78 is 0. The SMILES string of the molecule is CC(c1ccccn1)N1CCC(C)(CN)C1. The first-order chi connectivity index (χ1) is 7.64. The molecular formula is C13H21N3. The van der Waals surface area contributed by atoms with Gasteiger partial charge < -0.3 is 5.73 Å². The second-order valence-electron chi connectivity index (χ2n) is 5.17. The smallest absolute Gasteiger partial charge is 0.0572 e. The Kier molecular flexibility index (Phi) is 3.26. The summed E-state index contributed by atoms with van der Waals surface area (Å²) in [6, 6.07) is 6.51. The van der Waals surface area contributed by atoms with E-state index in [2.05, 4.69) is 35.9 Å². The molecule has 0 saturated carbocycles. The molecule has 1 fully saturated rings. The highest BCUT2D eigenvalue weighted by molar-refractivity contribution is 5.09. The highest BCUT2D eigenvalue weighted by atomic mass is 15.2. The highest BCUT2D eigenvalue weighted by Crippen LogP contribution is 2.33. The van der Waals surface area contributed by atoms with E-state index in [1.807, 2.05) is 12.3 Å². The van der Waals surface area contributed by atoms with Gasteiger partial charge in [0.05, 0.1) is 5.69 Å². The number of pyridine rings is 1. The summed E-state index contributed by atoms with van der Waals surface area (Å²) in [4.78, 5) is 6.91. The van der Waals surface area contributed by atoms with Gasteiger partial charge in [0, 0.05) is 18.8 Å². The Balaban J connectivity index is 2.05. The standard InChI is InChI=1S/C13H21N3/c1-11(12-5-3-4-7-15-12)16-8-6-13(2,9-14)10-16/h3-5,7,11H,6,8-10,14H2,1-2H3. The zero-order chi connectivity index (χ0) is 11.6. The van der Waals surface area contributed by atoms with Gasteiger partial charge in [-0.1, -0.05) is 13.0 Å². The lowest BCUT2D eigenvalue weighted by Crippen LogP contribution is -2.32. The van der Waals surface area contributed by atoms with Crippen LogP contribution in [-0.2, 0) is 0 Å². The predicted octanol–water partition coefficient (Wildman–Crippen LogP) is 1.81. The van der Waals surface area contributed by atoms with Crippen LogP contribution in [0.4, 0.5) is 0 Å². The highest BCUT2D eigenvalue weighted by Gasteiger charge is 2.35. The van der Waals surface area contributed by atoms with Crippen LogP contribution in [0.3, 0.4) is 0 Å². The Hall–Kier alpha value is -0.930. The molecule has 3 heteroatoms. The zero-order valence-corrected chi connectivity index (χ0v) is 10.2. The Labute approximate surface area is 97.7 Å². The molecule has 2 atom stereocenters. The average molecular weight is 219 g/mol. The molecule has 88 valence electrons. The van der Waals surface area contributed by atoms with Crippen LogP contribution < -0.4 is 5.73 Å². The molecule has 1 aromatic heterocycles. The van der Waals surface area contributed by atoms with Gasteiger partial charge in [0.25, 0.3) is 0 Å². The predicted molar refractivity (Wildman–Crippen MR) is 66.0 cm³/mol. The number of nitrogens with zero attached hydrogens (tertiary/aromatic N) is 2. The number of aromatic nitrogens is 1. The minimum absolute atomic E-state index is 0.295. The first-order valence-electron chi connectivity index (χ1n) is 6.00. The van der Waals surface area contributed by atoms with E-state index < -0.39 is 0 Å².